The highest BCUT2D eigenvalue weighted by molar-refractivity contribution is 6.30. The van der Waals surface area contributed by atoms with Crippen molar-refractivity contribution in [2.24, 2.45) is 0 Å². The summed E-state index contributed by atoms with van der Waals surface area (Å²) in [5, 5.41) is 7.88. The number of methoxy groups -OCH3 is 1. The van der Waals surface area contributed by atoms with Crippen LogP contribution < -0.4 is 5.32 Å². The van der Waals surface area contributed by atoms with Crippen molar-refractivity contribution in [2.45, 2.75) is 13.3 Å². The molecule has 1 N–H and O–H groups in total. The minimum atomic E-state index is -0.318. The predicted octanol–water partition coefficient (Wildman–Crippen LogP) is 3.66. The predicted molar refractivity (Wildman–Crippen MR) is 105 cm³/mol. The lowest BCUT2D eigenvalue weighted by atomic mass is 10.2. The Morgan fingerprint density at radius 2 is 2.04 bits per heavy atom. The maximum atomic E-state index is 12.5. The first-order chi connectivity index (χ1) is 13.1. The first-order valence-corrected chi connectivity index (χ1v) is 9.04. The summed E-state index contributed by atoms with van der Waals surface area (Å²) in [6.07, 6.45) is 0.724. The highest BCUT2D eigenvalue weighted by atomic mass is 35.5. The molecule has 27 heavy (non-hydrogen) atoms. The van der Waals surface area contributed by atoms with Crippen LogP contribution in [-0.2, 0) is 4.74 Å². The molecule has 7 heteroatoms. The molecule has 0 bridgehead atoms. The van der Waals surface area contributed by atoms with Crippen LogP contribution in [0.5, 0.6) is 0 Å². The van der Waals surface area contributed by atoms with Crippen LogP contribution in [0.25, 0.3) is 17.1 Å². The summed E-state index contributed by atoms with van der Waals surface area (Å²) in [4.78, 5) is 17.0. The zero-order chi connectivity index (χ0) is 19.2. The fourth-order valence-electron chi connectivity index (χ4n) is 2.69. The van der Waals surface area contributed by atoms with Crippen molar-refractivity contribution >= 4 is 17.5 Å². The average Bonchev–Trinajstić information content (AvgIpc) is 3.11. The van der Waals surface area contributed by atoms with Gasteiger partial charge in [0.15, 0.2) is 5.82 Å². The summed E-state index contributed by atoms with van der Waals surface area (Å²) in [6.45, 7) is 3.07. The van der Waals surface area contributed by atoms with Gasteiger partial charge in [-0.15, -0.1) is 5.10 Å². The Hall–Kier alpha value is -2.70. The third-order valence-corrected chi connectivity index (χ3v) is 4.28. The van der Waals surface area contributed by atoms with Crippen molar-refractivity contribution in [1.29, 1.82) is 0 Å². The van der Waals surface area contributed by atoms with E-state index in [0.717, 1.165) is 23.2 Å². The fraction of sp³-hybridized carbons (Fsp3) is 0.250. The van der Waals surface area contributed by atoms with E-state index in [-0.39, 0.29) is 11.7 Å². The summed E-state index contributed by atoms with van der Waals surface area (Å²) < 4.78 is 6.68. The Morgan fingerprint density at radius 1 is 1.22 bits per heavy atom. The van der Waals surface area contributed by atoms with Gasteiger partial charge in [0.25, 0.3) is 5.91 Å². The smallest absolute Gasteiger partial charge is 0.290 e. The topological polar surface area (TPSA) is 69.0 Å². The second-order valence-electron chi connectivity index (χ2n) is 6.07. The van der Waals surface area contributed by atoms with Gasteiger partial charge in [-0.2, -0.15) is 0 Å². The van der Waals surface area contributed by atoms with Gasteiger partial charge in [0.2, 0.25) is 5.82 Å². The van der Waals surface area contributed by atoms with Crippen molar-refractivity contribution in [3.63, 3.8) is 0 Å². The Labute approximate surface area is 163 Å². The van der Waals surface area contributed by atoms with Gasteiger partial charge in [-0.3, -0.25) is 4.79 Å². The van der Waals surface area contributed by atoms with Crippen LogP contribution in [0.1, 0.15) is 22.6 Å². The number of aromatic nitrogens is 3. The quantitative estimate of drug-likeness (QED) is 0.631. The molecule has 0 saturated carbocycles. The molecule has 0 aliphatic heterocycles. The lowest BCUT2D eigenvalue weighted by Gasteiger charge is -2.08. The molecule has 1 aromatic heterocycles. The molecule has 0 unspecified atom stereocenters. The SMILES string of the molecule is COCCCNC(=O)c1nc(-c2cccc(Cl)c2)n(-c2ccccc2C)n1. The third-order valence-electron chi connectivity index (χ3n) is 4.05. The number of amides is 1. The number of ether oxygens (including phenoxy) is 1. The lowest BCUT2D eigenvalue weighted by molar-refractivity contribution is 0.0938. The van der Waals surface area contributed by atoms with E-state index in [4.69, 9.17) is 16.3 Å². The first-order valence-electron chi connectivity index (χ1n) is 8.66. The second kappa shape index (κ2) is 8.79. The molecule has 0 atom stereocenters. The summed E-state index contributed by atoms with van der Waals surface area (Å²) in [7, 11) is 1.63. The molecule has 3 rings (SSSR count). The van der Waals surface area contributed by atoms with E-state index < -0.39 is 0 Å². The highest BCUT2D eigenvalue weighted by Gasteiger charge is 2.19. The monoisotopic (exact) mass is 384 g/mol. The Balaban J connectivity index is 1.99. The van der Waals surface area contributed by atoms with Gasteiger partial charge in [-0.25, -0.2) is 9.67 Å². The summed E-state index contributed by atoms with van der Waals surface area (Å²) in [5.41, 5.74) is 2.67. The molecule has 0 fully saturated rings. The molecule has 0 aliphatic rings. The minimum absolute atomic E-state index is 0.116. The van der Waals surface area contributed by atoms with E-state index in [0.29, 0.717) is 24.0 Å². The fourth-order valence-corrected chi connectivity index (χ4v) is 2.88. The van der Waals surface area contributed by atoms with Gasteiger partial charge < -0.3 is 10.1 Å². The van der Waals surface area contributed by atoms with Crippen molar-refractivity contribution in [3.05, 3.63) is 64.9 Å². The van der Waals surface area contributed by atoms with E-state index in [2.05, 4.69) is 15.4 Å². The molecule has 1 heterocycles. The Bertz CT molecular complexity index is 939. The van der Waals surface area contributed by atoms with E-state index in [1.54, 1.807) is 23.9 Å². The number of carbonyl (C=O) groups is 1. The van der Waals surface area contributed by atoms with Gasteiger partial charge in [0.05, 0.1) is 5.69 Å². The van der Waals surface area contributed by atoms with Crippen molar-refractivity contribution in [1.82, 2.24) is 20.1 Å². The second-order valence-corrected chi connectivity index (χ2v) is 6.51. The van der Waals surface area contributed by atoms with E-state index in [1.165, 1.54) is 0 Å². The van der Waals surface area contributed by atoms with Crippen LogP contribution in [0.4, 0.5) is 0 Å². The third kappa shape index (κ3) is 4.53. The molecule has 3 aromatic rings. The van der Waals surface area contributed by atoms with E-state index in [1.807, 2.05) is 43.3 Å². The molecule has 0 aliphatic carbocycles. The van der Waals surface area contributed by atoms with Crippen LogP contribution >= 0.6 is 11.6 Å². The Morgan fingerprint density at radius 3 is 2.78 bits per heavy atom. The molecule has 1 amide bonds. The number of halogens is 1. The van der Waals surface area contributed by atoms with Crippen molar-refractivity contribution < 1.29 is 9.53 Å². The number of rotatable bonds is 7. The number of nitrogens with one attached hydrogen (secondary N) is 1. The molecule has 6 nitrogen and oxygen atoms in total. The van der Waals surface area contributed by atoms with Crippen LogP contribution in [-0.4, -0.2) is 40.9 Å². The molecule has 2 aromatic carbocycles. The number of carbonyl (C=O) groups excluding carboxylic acids is 1. The van der Waals surface area contributed by atoms with Crippen molar-refractivity contribution in [3.8, 4) is 17.1 Å². The Kier molecular flexibility index (Phi) is 6.21. The lowest BCUT2D eigenvalue weighted by Crippen LogP contribution is -2.26. The number of nitrogens with zero attached hydrogens (tertiary/aromatic N) is 3. The number of aryl methyl sites for hydroxylation is 1. The number of hydrogen-bond donors (Lipinski definition) is 1. The number of hydrogen-bond acceptors (Lipinski definition) is 4. The normalized spacial score (nSPS) is 10.8. The highest BCUT2D eigenvalue weighted by Crippen LogP contribution is 2.25. The first kappa shape index (κ1) is 19.1. The van der Waals surface area contributed by atoms with Gasteiger partial charge in [-0.05, 0) is 37.1 Å². The molecule has 0 radical (unpaired) electrons. The maximum absolute atomic E-state index is 12.5. The van der Waals surface area contributed by atoms with E-state index >= 15 is 0 Å². The van der Waals surface area contributed by atoms with E-state index in [9.17, 15) is 4.79 Å². The van der Waals surface area contributed by atoms with Crippen LogP contribution in [0.15, 0.2) is 48.5 Å². The number of para-hydroxylation sites is 1. The van der Waals surface area contributed by atoms with Crippen LogP contribution in [0.3, 0.4) is 0 Å². The molecule has 0 spiro atoms. The minimum Gasteiger partial charge on any atom is -0.385 e. The van der Waals surface area contributed by atoms with Gasteiger partial charge in [0, 0.05) is 30.8 Å². The largest absolute Gasteiger partial charge is 0.385 e. The summed E-state index contributed by atoms with van der Waals surface area (Å²) >= 11 is 6.14. The number of benzene rings is 2. The maximum Gasteiger partial charge on any atom is 0.290 e. The van der Waals surface area contributed by atoms with Crippen LogP contribution in [0.2, 0.25) is 5.02 Å². The molecular weight excluding hydrogens is 364 g/mol. The molecule has 0 saturated heterocycles. The standard InChI is InChI=1S/C20H21ClN4O2/c1-14-7-3-4-10-17(14)25-19(15-8-5-9-16(21)13-15)23-18(24-25)20(26)22-11-6-12-27-2/h3-5,7-10,13H,6,11-12H2,1-2H3,(H,22,26). The molecule has 140 valence electrons. The van der Waals surface area contributed by atoms with Crippen molar-refractivity contribution in [2.75, 3.05) is 20.3 Å². The van der Waals surface area contributed by atoms with Gasteiger partial charge >= 0.3 is 0 Å². The average molecular weight is 385 g/mol. The zero-order valence-corrected chi connectivity index (χ0v) is 16.0. The van der Waals surface area contributed by atoms with Gasteiger partial charge in [-0.1, -0.05) is 41.9 Å². The summed E-state index contributed by atoms with van der Waals surface area (Å²) in [6, 6.07) is 15.2. The van der Waals surface area contributed by atoms with Crippen LogP contribution in [0, 0.1) is 6.92 Å². The zero-order valence-electron chi connectivity index (χ0n) is 15.3. The molecular formula is C20H21ClN4O2. The van der Waals surface area contributed by atoms with Gasteiger partial charge in [0.1, 0.15) is 0 Å². The summed E-state index contributed by atoms with van der Waals surface area (Å²) in [5.74, 6) is 0.362.